The average molecular weight is 344 g/mol. The number of amides is 2. The molecule has 1 aromatic carbocycles. The second-order valence-electron chi connectivity index (χ2n) is 4.33. The number of hydrogen-bond acceptors (Lipinski definition) is 3. The van der Waals surface area contributed by atoms with Crippen LogP contribution in [0.2, 0.25) is 5.15 Å². The van der Waals surface area contributed by atoms with Crippen molar-refractivity contribution < 1.29 is 22.8 Å². The van der Waals surface area contributed by atoms with Crippen molar-refractivity contribution in [3.05, 3.63) is 53.3 Å². The molecule has 2 amide bonds. The van der Waals surface area contributed by atoms with Gasteiger partial charge in [0, 0.05) is 11.9 Å². The third-order valence-electron chi connectivity index (χ3n) is 2.66. The molecule has 0 saturated heterocycles. The molecule has 0 aliphatic rings. The highest BCUT2D eigenvalue weighted by Crippen LogP contribution is 2.30. The molecule has 0 saturated carbocycles. The lowest BCUT2D eigenvalue weighted by molar-refractivity contribution is -0.137. The normalized spacial score (nSPS) is 11.0. The highest BCUT2D eigenvalue weighted by atomic mass is 35.5. The van der Waals surface area contributed by atoms with Gasteiger partial charge in [0.15, 0.2) is 5.15 Å². The first-order valence-electron chi connectivity index (χ1n) is 6.17. The van der Waals surface area contributed by atoms with E-state index in [0.717, 1.165) is 18.2 Å². The van der Waals surface area contributed by atoms with E-state index in [2.05, 4.69) is 15.6 Å². The van der Waals surface area contributed by atoms with Crippen LogP contribution in [0.5, 0.6) is 0 Å². The van der Waals surface area contributed by atoms with Crippen LogP contribution < -0.4 is 10.6 Å². The van der Waals surface area contributed by atoms with Gasteiger partial charge in [-0.15, -0.1) is 0 Å². The fraction of sp³-hybridized carbons (Fsp3) is 0.0714. The summed E-state index contributed by atoms with van der Waals surface area (Å²) in [7, 11) is 0. The predicted octanol–water partition coefficient (Wildman–Crippen LogP) is 3.33. The fourth-order valence-corrected chi connectivity index (χ4v) is 1.79. The van der Waals surface area contributed by atoms with Gasteiger partial charge in [-0.05, 0) is 30.3 Å². The quantitative estimate of drug-likeness (QED) is 0.649. The molecule has 0 bridgehead atoms. The number of nitrogens with zero attached hydrogens (tertiary/aromatic N) is 1. The number of rotatable bonds is 2. The van der Waals surface area contributed by atoms with Crippen LogP contribution in [0.1, 0.15) is 5.56 Å². The predicted molar refractivity (Wildman–Crippen MR) is 78.0 cm³/mol. The molecule has 0 atom stereocenters. The van der Waals surface area contributed by atoms with E-state index in [1.54, 1.807) is 0 Å². The average Bonchev–Trinajstić information content (AvgIpc) is 2.49. The standard InChI is InChI=1S/C14H9ClF3N3O2/c15-11-10(5-2-6-19-11)21-13(23)12(22)20-9-4-1-3-8(7-9)14(16,17)18/h1-7H,(H,20,22)(H,21,23). The van der Waals surface area contributed by atoms with Crippen molar-refractivity contribution in [1.29, 1.82) is 0 Å². The molecule has 1 heterocycles. The van der Waals surface area contributed by atoms with Crippen LogP contribution in [0.3, 0.4) is 0 Å². The van der Waals surface area contributed by atoms with Crippen molar-refractivity contribution in [1.82, 2.24) is 4.98 Å². The largest absolute Gasteiger partial charge is 0.416 e. The van der Waals surface area contributed by atoms with E-state index >= 15 is 0 Å². The van der Waals surface area contributed by atoms with Gasteiger partial charge in [0.1, 0.15) is 0 Å². The maximum atomic E-state index is 12.6. The molecule has 120 valence electrons. The van der Waals surface area contributed by atoms with E-state index in [1.807, 2.05) is 0 Å². The Labute approximate surface area is 133 Å². The lowest BCUT2D eigenvalue weighted by Crippen LogP contribution is -2.29. The Hall–Kier alpha value is -2.61. The lowest BCUT2D eigenvalue weighted by atomic mass is 10.2. The summed E-state index contributed by atoms with van der Waals surface area (Å²) < 4.78 is 37.7. The number of nitrogens with one attached hydrogen (secondary N) is 2. The number of hydrogen-bond donors (Lipinski definition) is 2. The van der Waals surface area contributed by atoms with Crippen molar-refractivity contribution in [3.8, 4) is 0 Å². The number of aromatic nitrogens is 1. The summed E-state index contributed by atoms with van der Waals surface area (Å²) in [6, 6.07) is 6.84. The van der Waals surface area contributed by atoms with E-state index in [1.165, 1.54) is 24.4 Å². The second-order valence-corrected chi connectivity index (χ2v) is 4.69. The molecule has 9 heteroatoms. The minimum atomic E-state index is -4.55. The van der Waals surface area contributed by atoms with E-state index in [9.17, 15) is 22.8 Å². The molecule has 0 radical (unpaired) electrons. The third-order valence-corrected chi connectivity index (χ3v) is 2.96. The summed E-state index contributed by atoms with van der Waals surface area (Å²) in [4.78, 5) is 27.1. The van der Waals surface area contributed by atoms with E-state index in [4.69, 9.17) is 11.6 Å². The highest BCUT2D eigenvalue weighted by molar-refractivity contribution is 6.44. The van der Waals surface area contributed by atoms with Gasteiger partial charge in [0.2, 0.25) is 0 Å². The number of anilines is 2. The molecule has 2 rings (SSSR count). The summed E-state index contributed by atoms with van der Waals surface area (Å²) in [5.74, 6) is -2.22. The van der Waals surface area contributed by atoms with E-state index in [0.29, 0.717) is 0 Å². The minimum absolute atomic E-state index is 0.0206. The monoisotopic (exact) mass is 343 g/mol. The highest BCUT2D eigenvalue weighted by Gasteiger charge is 2.30. The molecule has 2 aromatic rings. The summed E-state index contributed by atoms with van der Waals surface area (Å²) in [6.07, 6.45) is -3.16. The molecule has 0 unspecified atom stereocenters. The van der Waals surface area contributed by atoms with Crippen LogP contribution in [0.15, 0.2) is 42.6 Å². The minimum Gasteiger partial charge on any atom is -0.318 e. The third kappa shape index (κ3) is 4.43. The summed E-state index contributed by atoms with van der Waals surface area (Å²) in [5.41, 5.74) is -0.985. The Morgan fingerprint density at radius 3 is 2.39 bits per heavy atom. The van der Waals surface area contributed by atoms with Crippen molar-refractivity contribution in [2.75, 3.05) is 10.6 Å². The SMILES string of the molecule is O=C(Nc1cccc(C(F)(F)F)c1)C(=O)Nc1cccnc1Cl. The van der Waals surface area contributed by atoms with Crippen LogP contribution in [0.4, 0.5) is 24.5 Å². The molecule has 5 nitrogen and oxygen atoms in total. The molecule has 0 aliphatic heterocycles. The van der Waals surface area contributed by atoms with Crippen LogP contribution in [0, 0.1) is 0 Å². The maximum absolute atomic E-state index is 12.6. The zero-order valence-electron chi connectivity index (χ0n) is 11.3. The zero-order chi connectivity index (χ0) is 17.0. The first kappa shape index (κ1) is 16.8. The number of carbonyl (C=O) groups excluding carboxylic acids is 2. The number of halogens is 4. The molecule has 2 N–H and O–H groups in total. The van der Waals surface area contributed by atoms with Crippen molar-refractivity contribution >= 4 is 34.8 Å². The van der Waals surface area contributed by atoms with E-state index in [-0.39, 0.29) is 16.5 Å². The lowest BCUT2D eigenvalue weighted by Gasteiger charge is -2.10. The van der Waals surface area contributed by atoms with Gasteiger partial charge in [0.05, 0.1) is 11.3 Å². The molecule has 0 fully saturated rings. The molecule has 0 spiro atoms. The van der Waals surface area contributed by atoms with Gasteiger partial charge < -0.3 is 10.6 Å². The molecule has 1 aromatic heterocycles. The van der Waals surface area contributed by atoms with Crippen LogP contribution in [-0.4, -0.2) is 16.8 Å². The van der Waals surface area contributed by atoms with Gasteiger partial charge in [0.25, 0.3) is 0 Å². The van der Waals surface area contributed by atoms with Gasteiger partial charge >= 0.3 is 18.0 Å². The molecule has 0 aliphatic carbocycles. The van der Waals surface area contributed by atoms with Crippen molar-refractivity contribution in [2.45, 2.75) is 6.18 Å². The van der Waals surface area contributed by atoms with Gasteiger partial charge in [-0.3, -0.25) is 9.59 Å². The Balaban J connectivity index is 2.07. The smallest absolute Gasteiger partial charge is 0.318 e. The van der Waals surface area contributed by atoms with Crippen molar-refractivity contribution in [3.63, 3.8) is 0 Å². The van der Waals surface area contributed by atoms with E-state index < -0.39 is 23.6 Å². The maximum Gasteiger partial charge on any atom is 0.416 e. The van der Waals surface area contributed by atoms with Crippen LogP contribution in [-0.2, 0) is 15.8 Å². The summed E-state index contributed by atoms with van der Waals surface area (Å²) in [6.45, 7) is 0. The topological polar surface area (TPSA) is 71.1 Å². The van der Waals surface area contributed by atoms with Crippen LogP contribution >= 0.6 is 11.6 Å². The number of pyridine rings is 1. The molecular weight excluding hydrogens is 335 g/mol. The molecular formula is C14H9ClF3N3O2. The second kappa shape index (κ2) is 6.66. The van der Waals surface area contributed by atoms with Crippen LogP contribution in [0.25, 0.3) is 0 Å². The first-order valence-corrected chi connectivity index (χ1v) is 6.55. The van der Waals surface area contributed by atoms with Crippen molar-refractivity contribution in [2.24, 2.45) is 0 Å². The number of alkyl halides is 3. The summed E-state index contributed by atoms with van der Waals surface area (Å²) >= 11 is 5.72. The zero-order valence-corrected chi connectivity index (χ0v) is 12.1. The van der Waals surface area contributed by atoms with Gasteiger partial charge in [-0.1, -0.05) is 17.7 Å². The Bertz CT molecular complexity index is 750. The Kier molecular flexibility index (Phi) is 4.85. The number of carbonyl (C=O) groups is 2. The summed E-state index contributed by atoms with van der Waals surface area (Å²) in [5, 5.41) is 4.27. The molecule has 23 heavy (non-hydrogen) atoms. The van der Waals surface area contributed by atoms with Gasteiger partial charge in [-0.25, -0.2) is 4.98 Å². The number of benzene rings is 1. The first-order chi connectivity index (χ1) is 10.8. The Morgan fingerprint density at radius 1 is 1.04 bits per heavy atom. The van der Waals surface area contributed by atoms with Gasteiger partial charge in [-0.2, -0.15) is 13.2 Å². The fourth-order valence-electron chi connectivity index (χ4n) is 1.62. The Morgan fingerprint density at radius 2 is 1.74 bits per heavy atom.